The van der Waals surface area contributed by atoms with Crippen molar-refractivity contribution in [2.75, 3.05) is 5.32 Å². The molecule has 0 unspecified atom stereocenters. The number of nitrogens with one attached hydrogen (secondary N) is 1. The lowest BCUT2D eigenvalue weighted by atomic mass is 10.2. The van der Waals surface area contributed by atoms with Crippen LogP contribution in [0.5, 0.6) is 5.75 Å². The van der Waals surface area contributed by atoms with Gasteiger partial charge in [-0.3, -0.25) is 4.79 Å². The van der Waals surface area contributed by atoms with Crippen molar-refractivity contribution >= 4 is 21.4 Å². The summed E-state index contributed by atoms with van der Waals surface area (Å²) in [7, 11) is -3.82. The zero-order valence-corrected chi connectivity index (χ0v) is 17.2. The molecule has 6 nitrogen and oxygen atoms in total. The third-order valence-electron chi connectivity index (χ3n) is 4.03. The van der Waals surface area contributed by atoms with Crippen molar-refractivity contribution in [2.24, 2.45) is 0 Å². The topological polar surface area (TPSA) is 85.4 Å². The molecule has 1 heterocycles. The number of benzene rings is 2. The van der Waals surface area contributed by atoms with Crippen LogP contribution in [0.3, 0.4) is 0 Å². The molecule has 0 bridgehead atoms. The van der Waals surface area contributed by atoms with Crippen LogP contribution >= 0.6 is 0 Å². The highest BCUT2D eigenvalue weighted by atomic mass is 32.2. The molecule has 3 rings (SSSR count). The van der Waals surface area contributed by atoms with Gasteiger partial charge in [-0.05, 0) is 75.4 Å². The van der Waals surface area contributed by atoms with Gasteiger partial charge in [0, 0.05) is 16.9 Å². The maximum Gasteiger partial charge on any atom is 0.255 e. The fraction of sp³-hybridized carbons (Fsp3) is 0.182. The van der Waals surface area contributed by atoms with E-state index in [4.69, 9.17) is 4.74 Å². The Morgan fingerprint density at radius 3 is 2.34 bits per heavy atom. The fourth-order valence-corrected chi connectivity index (χ4v) is 3.99. The van der Waals surface area contributed by atoms with E-state index in [0.29, 0.717) is 17.1 Å². The number of hydrogen-bond donors (Lipinski definition) is 1. The van der Waals surface area contributed by atoms with E-state index < -0.39 is 15.7 Å². The number of ether oxygens (including phenoxy) is 1. The molecule has 7 heteroatoms. The van der Waals surface area contributed by atoms with Gasteiger partial charge in [-0.1, -0.05) is 12.1 Å². The Bertz CT molecular complexity index is 1120. The minimum atomic E-state index is -3.82. The van der Waals surface area contributed by atoms with E-state index in [2.05, 4.69) is 10.3 Å². The van der Waals surface area contributed by atoms with Gasteiger partial charge in [0.2, 0.25) is 9.84 Å². The second-order valence-electron chi connectivity index (χ2n) is 6.79. The summed E-state index contributed by atoms with van der Waals surface area (Å²) in [5, 5.41) is 2.72. The van der Waals surface area contributed by atoms with Crippen molar-refractivity contribution in [2.45, 2.75) is 36.8 Å². The average Bonchev–Trinajstić information content (AvgIpc) is 2.69. The Morgan fingerprint density at radius 1 is 1.00 bits per heavy atom. The number of carbonyl (C=O) groups is 1. The van der Waals surface area contributed by atoms with Crippen LogP contribution in [-0.2, 0) is 9.84 Å². The lowest BCUT2D eigenvalue weighted by molar-refractivity contribution is 0.102. The van der Waals surface area contributed by atoms with Crippen LogP contribution in [0, 0.1) is 6.92 Å². The van der Waals surface area contributed by atoms with Gasteiger partial charge in [-0.25, -0.2) is 13.4 Å². The highest BCUT2D eigenvalue weighted by Gasteiger charge is 2.20. The number of sulfone groups is 1. The first kappa shape index (κ1) is 20.5. The summed E-state index contributed by atoms with van der Waals surface area (Å²) in [6.45, 7) is 5.59. The van der Waals surface area contributed by atoms with Crippen LogP contribution in [0.1, 0.15) is 29.9 Å². The van der Waals surface area contributed by atoms with Crippen molar-refractivity contribution in [1.29, 1.82) is 0 Å². The van der Waals surface area contributed by atoms with Gasteiger partial charge in [-0.2, -0.15) is 0 Å². The second-order valence-corrected chi connectivity index (χ2v) is 8.69. The third kappa shape index (κ3) is 5.00. The largest absolute Gasteiger partial charge is 0.491 e. The SMILES string of the molecule is Cc1cccc(S(=O)(=O)c2cccc(C(=O)Nc3ccc(OC(C)C)cc3)c2)n1. The Morgan fingerprint density at radius 2 is 1.69 bits per heavy atom. The Labute approximate surface area is 170 Å². The summed E-state index contributed by atoms with van der Waals surface area (Å²) in [5.41, 5.74) is 1.42. The van der Waals surface area contributed by atoms with Crippen LogP contribution in [0.2, 0.25) is 0 Å². The lowest BCUT2D eigenvalue weighted by Crippen LogP contribution is -2.13. The van der Waals surface area contributed by atoms with Crippen LogP contribution in [0.15, 0.2) is 76.7 Å². The summed E-state index contributed by atoms with van der Waals surface area (Å²) in [4.78, 5) is 16.7. The summed E-state index contributed by atoms with van der Waals surface area (Å²) in [6.07, 6.45) is 0.0584. The van der Waals surface area contributed by atoms with Gasteiger partial charge in [0.05, 0.1) is 11.0 Å². The normalized spacial score (nSPS) is 11.3. The van der Waals surface area contributed by atoms with Crippen molar-refractivity contribution < 1.29 is 17.9 Å². The first-order chi connectivity index (χ1) is 13.8. The molecule has 0 saturated heterocycles. The molecule has 0 aliphatic heterocycles. The molecule has 0 aliphatic rings. The van der Waals surface area contributed by atoms with Gasteiger partial charge < -0.3 is 10.1 Å². The van der Waals surface area contributed by atoms with Gasteiger partial charge >= 0.3 is 0 Å². The average molecular weight is 410 g/mol. The Kier molecular flexibility index (Phi) is 5.98. The fourth-order valence-electron chi connectivity index (χ4n) is 2.69. The molecule has 0 radical (unpaired) electrons. The number of anilines is 1. The summed E-state index contributed by atoms with van der Waals surface area (Å²) >= 11 is 0. The summed E-state index contributed by atoms with van der Waals surface area (Å²) in [6, 6.07) is 17.7. The Balaban J connectivity index is 1.81. The molecule has 3 aromatic rings. The predicted molar refractivity (Wildman–Crippen MR) is 111 cm³/mol. The molecular formula is C22H22N2O4S. The van der Waals surface area contributed by atoms with Gasteiger partial charge in [-0.15, -0.1) is 0 Å². The molecule has 150 valence electrons. The van der Waals surface area contributed by atoms with E-state index >= 15 is 0 Å². The van der Waals surface area contributed by atoms with Gasteiger partial charge in [0.25, 0.3) is 5.91 Å². The number of hydrogen-bond acceptors (Lipinski definition) is 5. The van der Waals surface area contributed by atoms with E-state index in [-0.39, 0.29) is 21.6 Å². The molecule has 1 N–H and O–H groups in total. The number of nitrogens with zero attached hydrogens (tertiary/aromatic N) is 1. The maximum absolute atomic E-state index is 12.8. The molecule has 1 aromatic heterocycles. The molecule has 0 aliphatic carbocycles. The standard InChI is InChI=1S/C22H22N2O4S/c1-15(2)28-19-12-10-18(11-13-19)24-22(25)17-7-5-8-20(14-17)29(26,27)21-9-4-6-16(3)23-21/h4-15H,1-3H3,(H,24,25). The molecule has 0 spiro atoms. The van der Waals surface area contributed by atoms with Crippen LogP contribution in [0.25, 0.3) is 0 Å². The first-order valence-electron chi connectivity index (χ1n) is 9.12. The zero-order valence-electron chi connectivity index (χ0n) is 16.4. The van der Waals surface area contributed by atoms with Crippen LogP contribution in [-0.4, -0.2) is 25.4 Å². The van der Waals surface area contributed by atoms with Crippen LogP contribution in [0.4, 0.5) is 5.69 Å². The number of pyridine rings is 1. The van der Waals surface area contributed by atoms with Crippen molar-refractivity contribution in [3.8, 4) is 5.75 Å². The third-order valence-corrected chi connectivity index (χ3v) is 5.68. The molecule has 0 saturated carbocycles. The summed E-state index contributed by atoms with van der Waals surface area (Å²) in [5.74, 6) is 0.300. The summed E-state index contributed by atoms with van der Waals surface area (Å²) < 4.78 is 31.3. The van der Waals surface area contributed by atoms with Gasteiger partial charge in [0.1, 0.15) is 5.75 Å². The highest BCUT2D eigenvalue weighted by molar-refractivity contribution is 7.91. The second kappa shape index (κ2) is 8.45. The number of carbonyl (C=O) groups excluding carboxylic acids is 1. The number of rotatable bonds is 6. The van der Waals surface area contributed by atoms with Crippen molar-refractivity contribution in [3.05, 3.63) is 78.0 Å². The molecular weight excluding hydrogens is 388 g/mol. The van der Waals surface area contributed by atoms with Gasteiger partial charge in [0.15, 0.2) is 5.03 Å². The highest BCUT2D eigenvalue weighted by Crippen LogP contribution is 2.22. The minimum absolute atomic E-state index is 0.0175. The number of aryl methyl sites for hydroxylation is 1. The number of aromatic nitrogens is 1. The minimum Gasteiger partial charge on any atom is -0.491 e. The van der Waals surface area contributed by atoms with E-state index in [9.17, 15) is 13.2 Å². The lowest BCUT2D eigenvalue weighted by Gasteiger charge is -2.11. The van der Waals surface area contributed by atoms with Crippen molar-refractivity contribution in [3.63, 3.8) is 0 Å². The van der Waals surface area contributed by atoms with E-state index in [1.54, 1.807) is 49.4 Å². The zero-order chi connectivity index (χ0) is 21.0. The van der Waals surface area contributed by atoms with E-state index in [1.165, 1.54) is 24.3 Å². The van der Waals surface area contributed by atoms with E-state index in [1.807, 2.05) is 13.8 Å². The smallest absolute Gasteiger partial charge is 0.255 e. The molecule has 29 heavy (non-hydrogen) atoms. The first-order valence-corrected chi connectivity index (χ1v) is 10.6. The number of amides is 1. The quantitative estimate of drug-likeness (QED) is 0.656. The maximum atomic E-state index is 12.8. The van der Waals surface area contributed by atoms with E-state index in [0.717, 1.165) is 0 Å². The van der Waals surface area contributed by atoms with Crippen LogP contribution < -0.4 is 10.1 Å². The molecule has 0 fully saturated rings. The monoisotopic (exact) mass is 410 g/mol. The Hall–Kier alpha value is -3.19. The predicted octanol–water partition coefficient (Wildman–Crippen LogP) is 4.26. The molecule has 1 amide bonds. The molecule has 0 atom stereocenters. The van der Waals surface area contributed by atoms with Crippen molar-refractivity contribution in [1.82, 2.24) is 4.98 Å². The molecule has 2 aromatic carbocycles.